The molecule has 0 radical (unpaired) electrons. The highest BCUT2D eigenvalue weighted by atomic mass is 28.4. The van der Waals surface area contributed by atoms with Gasteiger partial charge in [-0.25, -0.2) is 0 Å². The molecule has 36 heavy (non-hydrogen) atoms. The van der Waals surface area contributed by atoms with Crippen molar-refractivity contribution in [1.29, 1.82) is 0 Å². The lowest BCUT2D eigenvalue weighted by molar-refractivity contribution is -0.128. The van der Waals surface area contributed by atoms with E-state index >= 15 is 0 Å². The molecule has 3 aromatic rings. The van der Waals surface area contributed by atoms with Crippen molar-refractivity contribution in [3.8, 4) is 0 Å². The molecule has 1 aliphatic rings. The standard InChI is InChI=1S/C31H39NO3Si/c1-7-23(2)29(33)32-28-21-15-14-16-25(28)22-34-30(32)24(3)35-36(31(4,5)6,26-17-10-8-11-18-26)27-19-12-9-13-20-27/h8-21,23-24,30H,7,22H2,1-6H3/t23-,24-,30+/m0/s1. The molecule has 0 saturated carbocycles. The van der Waals surface area contributed by atoms with Crippen molar-refractivity contribution in [2.75, 3.05) is 4.90 Å². The van der Waals surface area contributed by atoms with E-state index in [-0.39, 0.29) is 23.0 Å². The summed E-state index contributed by atoms with van der Waals surface area (Å²) < 4.78 is 13.8. The number of amides is 1. The molecule has 3 aromatic carbocycles. The van der Waals surface area contributed by atoms with Crippen LogP contribution in [0.4, 0.5) is 5.69 Å². The predicted molar refractivity (Wildman–Crippen MR) is 150 cm³/mol. The van der Waals surface area contributed by atoms with Crippen molar-refractivity contribution in [1.82, 2.24) is 0 Å². The van der Waals surface area contributed by atoms with E-state index in [0.29, 0.717) is 6.61 Å². The number of ether oxygens (including phenoxy) is 1. The van der Waals surface area contributed by atoms with Gasteiger partial charge in [0.1, 0.15) is 0 Å². The minimum atomic E-state index is -2.81. The molecule has 190 valence electrons. The van der Waals surface area contributed by atoms with Gasteiger partial charge in [-0.2, -0.15) is 0 Å². The first kappa shape index (κ1) is 26.3. The van der Waals surface area contributed by atoms with Crippen LogP contribution in [0.3, 0.4) is 0 Å². The van der Waals surface area contributed by atoms with Gasteiger partial charge in [-0.3, -0.25) is 9.69 Å². The highest BCUT2D eigenvalue weighted by Gasteiger charge is 2.52. The lowest BCUT2D eigenvalue weighted by Crippen LogP contribution is -2.69. The maximum atomic E-state index is 13.7. The summed E-state index contributed by atoms with van der Waals surface area (Å²) in [5.74, 6) is -0.0325. The Morgan fingerprint density at radius 1 is 0.944 bits per heavy atom. The van der Waals surface area contributed by atoms with Crippen LogP contribution in [-0.4, -0.2) is 26.6 Å². The van der Waals surface area contributed by atoms with E-state index in [0.717, 1.165) is 17.7 Å². The second-order valence-electron chi connectivity index (χ2n) is 10.8. The van der Waals surface area contributed by atoms with Gasteiger partial charge in [0.25, 0.3) is 8.32 Å². The summed E-state index contributed by atoms with van der Waals surface area (Å²) in [4.78, 5) is 15.6. The molecular weight excluding hydrogens is 462 g/mol. The van der Waals surface area contributed by atoms with Gasteiger partial charge in [-0.1, -0.05) is 113 Å². The van der Waals surface area contributed by atoms with Crippen LogP contribution in [0.1, 0.15) is 53.5 Å². The fourth-order valence-electron chi connectivity index (χ4n) is 5.28. The Bertz CT molecular complexity index is 1120. The minimum absolute atomic E-state index is 0.0764. The van der Waals surface area contributed by atoms with Crippen LogP contribution in [0.25, 0.3) is 0 Å². The molecule has 0 fully saturated rings. The van der Waals surface area contributed by atoms with E-state index in [1.54, 1.807) is 0 Å². The van der Waals surface area contributed by atoms with Crippen molar-refractivity contribution in [3.63, 3.8) is 0 Å². The first-order chi connectivity index (χ1) is 17.2. The first-order valence-electron chi connectivity index (χ1n) is 13.0. The molecule has 0 aliphatic carbocycles. The number of hydrogen-bond acceptors (Lipinski definition) is 3. The highest BCUT2D eigenvalue weighted by Crippen LogP contribution is 2.40. The number of rotatable bonds is 7. The van der Waals surface area contributed by atoms with E-state index in [1.807, 2.05) is 48.2 Å². The Morgan fingerprint density at radius 2 is 1.47 bits per heavy atom. The fraction of sp³-hybridized carbons (Fsp3) is 0.387. The van der Waals surface area contributed by atoms with Crippen molar-refractivity contribution in [3.05, 3.63) is 90.5 Å². The van der Waals surface area contributed by atoms with Gasteiger partial charge in [-0.05, 0) is 34.8 Å². The number of para-hydroxylation sites is 1. The molecule has 1 amide bonds. The fourth-order valence-corrected chi connectivity index (χ4v) is 9.97. The molecule has 0 N–H and O–H groups in total. The van der Waals surface area contributed by atoms with Crippen LogP contribution in [0.5, 0.6) is 0 Å². The molecule has 1 aliphatic heterocycles. The molecular formula is C31H39NO3Si. The van der Waals surface area contributed by atoms with Gasteiger partial charge in [0.2, 0.25) is 5.91 Å². The van der Waals surface area contributed by atoms with Gasteiger partial charge in [0.05, 0.1) is 18.4 Å². The summed E-state index contributed by atoms with van der Waals surface area (Å²) in [7, 11) is -2.81. The van der Waals surface area contributed by atoms with Crippen LogP contribution in [0, 0.1) is 5.92 Å². The number of nitrogens with zero attached hydrogens (tertiary/aromatic N) is 1. The smallest absolute Gasteiger partial charge is 0.261 e. The maximum Gasteiger partial charge on any atom is 0.261 e. The summed E-state index contributed by atoms with van der Waals surface area (Å²) in [6.07, 6.45) is -0.0885. The zero-order chi connectivity index (χ0) is 25.9. The van der Waals surface area contributed by atoms with Crippen LogP contribution in [-0.2, 0) is 20.6 Å². The molecule has 0 unspecified atom stereocenters. The summed E-state index contributed by atoms with van der Waals surface area (Å²) >= 11 is 0. The zero-order valence-corrected chi connectivity index (χ0v) is 23.4. The van der Waals surface area contributed by atoms with Crippen LogP contribution in [0.2, 0.25) is 5.04 Å². The third kappa shape index (κ3) is 4.80. The molecule has 4 rings (SSSR count). The number of carbonyl (C=O) groups is 1. The second-order valence-corrected chi connectivity index (χ2v) is 15.1. The largest absolute Gasteiger partial charge is 0.400 e. The third-order valence-electron chi connectivity index (χ3n) is 7.37. The molecule has 0 saturated heterocycles. The zero-order valence-electron chi connectivity index (χ0n) is 22.4. The Kier molecular flexibility index (Phi) is 7.84. The van der Waals surface area contributed by atoms with E-state index in [1.165, 1.54) is 10.4 Å². The van der Waals surface area contributed by atoms with Gasteiger partial charge in [0.15, 0.2) is 6.23 Å². The summed E-state index contributed by atoms with van der Waals surface area (Å²) in [5.41, 5.74) is 1.96. The molecule has 1 heterocycles. The van der Waals surface area contributed by atoms with Crippen molar-refractivity contribution in [2.24, 2.45) is 5.92 Å². The monoisotopic (exact) mass is 501 g/mol. The van der Waals surface area contributed by atoms with Gasteiger partial charge in [0, 0.05) is 11.5 Å². The highest BCUT2D eigenvalue weighted by molar-refractivity contribution is 6.99. The molecule has 3 atom stereocenters. The normalized spacial score (nSPS) is 17.8. The van der Waals surface area contributed by atoms with Crippen molar-refractivity contribution < 1.29 is 14.0 Å². The van der Waals surface area contributed by atoms with Crippen LogP contribution in [0.15, 0.2) is 84.9 Å². The Morgan fingerprint density at radius 3 is 2.00 bits per heavy atom. The number of benzene rings is 3. The lowest BCUT2D eigenvalue weighted by Gasteiger charge is -2.48. The second kappa shape index (κ2) is 10.7. The Labute approximate surface area is 217 Å². The Balaban J connectivity index is 1.82. The van der Waals surface area contributed by atoms with Gasteiger partial charge < -0.3 is 9.16 Å². The quantitative estimate of drug-likeness (QED) is 0.379. The molecule has 5 heteroatoms. The van der Waals surface area contributed by atoms with E-state index < -0.39 is 14.5 Å². The average molecular weight is 502 g/mol. The first-order valence-corrected chi connectivity index (χ1v) is 14.9. The summed E-state index contributed by atoms with van der Waals surface area (Å²) in [6, 6.07) is 29.3. The minimum Gasteiger partial charge on any atom is -0.400 e. The van der Waals surface area contributed by atoms with E-state index in [4.69, 9.17) is 9.16 Å². The number of carbonyl (C=O) groups excluding carboxylic acids is 1. The molecule has 4 nitrogen and oxygen atoms in total. The predicted octanol–water partition coefficient (Wildman–Crippen LogP) is 5.89. The lowest BCUT2D eigenvalue weighted by atomic mass is 10.0. The number of fused-ring (bicyclic) bond motifs is 1. The number of hydrogen-bond donors (Lipinski definition) is 0. The van der Waals surface area contributed by atoms with Crippen LogP contribution >= 0.6 is 0 Å². The average Bonchev–Trinajstić information content (AvgIpc) is 2.90. The van der Waals surface area contributed by atoms with Gasteiger partial charge >= 0.3 is 0 Å². The van der Waals surface area contributed by atoms with E-state index in [9.17, 15) is 4.79 Å². The SMILES string of the molecule is CC[C@H](C)C(=O)N1c2ccccc2CO[C@@H]1[C@H](C)O[Si](c1ccccc1)(c1ccccc1)C(C)(C)C. The van der Waals surface area contributed by atoms with E-state index in [2.05, 4.69) is 83.1 Å². The van der Waals surface area contributed by atoms with Gasteiger partial charge in [-0.15, -0.1) is 0 Å². The van der Waals surface area contributed by atoms with Crippen molar-refractivity contribution in [2.45, 2.75) is 71.9 Å². The molecule has 0 aromatic heterocycles. The third-order valence-corrected chi connectivity index (χ3v) is 12.5. The number of anilines is 1. The molecule has 0 bridgehead atoms. The maximum absolute atomic E-state index is 13.7. The van der Waals surface area contributed by atoms with Crippen molar-refractivity contribution >= 4 is 30.3 Å². The topological polar surface area (TPSA) is 38.8 Å². The van der Waals surface area contributed by atoms with Crippen LogP contribution < -0.4 is 15.3 Å². The summed E-state index contributed by atoms with van der Waals surface area (Å²) in [5, 5.41) is 2.26. The summed E-state index contributed by atoms with van der Waals surface area (Å²) in [6.45, 7) is 13.4. The molecule has 0 spiro atoms. The Hall–Kier alpha value is -2.73.